The monoisotopic (exact) mass is 309 g/mol. The Morgan fingerprint density at radius 3 is 2.65 bits per heavy atom. The van der Waals surface area contributed by atoms with Crippen LogP contribution in [-0.4, -0.2) is 30.5 Å². The summed E-state index contributed by atoms with van der Waals surface area (Å²) in [6.07, 6.45) is 3.41. The number of furan rings is 1. The number of rotatable bonds is 3. The number of carbonyl (C=O) groups is 1. The maximum Gasteiger partial charge on any atom is 0.260 e. The van der Waals surface area contributed by atoms with Gasteiger partial charge in [0.1, 0.15) is 16.9 Å². The number of carbonyl (C=O) groups excluding carboxylic acids is 1. The first-order valence-corrected chi connectivity index (χ1v) is 8.13. The van der Waals surface area contributed by atoms with Crippen molar-refractivity contribution in [2.75, 3.05) is 19.7 Å². The molecule has 4 rings (SSSR count). The minimum absolute atomic E-state index is 0.0712. The molecule has 1 aliphatic heterocycles. The number of hydrogen-bond acceptors (Lipinski definition) is 3. The van der Waals surface area contributed by atoms with Crippen molar-refractivity contribution in [2.45, 2.75) is 19.3 Å². The predicted molar refractivity (Wildman–Crippen MR) is 89.6 cm³/mol. The quantitative estimate of drug-likeness (QED) is 0.735. The lowest BCUT2D eigenvalue weighted by Gasteiger charge is -2.26. The van der Waals surface area contributed by atoms with Crippen molar-refractivity contribution in [3.63, 3.8) is 0 Å². The lowest BCUT2D eigenvalue weighted by atomic mass is 10.1. The number of piperidine rings is 1. The molecule has 118 valence electrons. The van der Waals surface area contributed by atoms with Crippen molar-refractivity contribution in [1.82, 2.24) is 4.90 Å². The van der Waals surface area contributed by atoms with Crippen molar-refractivity contribution >= 4 is 27.8 Å². The van der Waals surface area contributed by atoms with Gasteiger partial charge in [0, 0.05) is 23.9 Å². The highest BCUT2D eigenvalue weighted by Crippen LogP contribution is 2.31. The Balaban J connectivity index is 1.52. The van der Waals surface area contributed by atoms with Gasteiger partial charge in [-0.1, -0.05) is 18.2 Å². The van der Waals surface area contributed by atoms with E-state index in [0.717, 1.165) is 47.9 Å². The molecule has 1 amide bonds. The Morgan fingerprint density at radius 2 is 1.78 bits per heavy atom. The molecule has 0 N–H and O–H groups in total. The van der Waals surface area contributed by atoms with E-state index >= 15 is 0 Å². The van der Waals surface area contributed by atoms with E-state index in [-0.39, 0.29) is 12.5 Å². The fourth-order valence-corrected chi connectivity index (χ4v) is 3.17. The third kappa shape index (κ3) is 2.77. The van der Waals surface area contributed by atoms with Gasteiger partial charge in [-0.15, -0.1) is 0 Å². The van der Waals surface area contributed by atoms with E-state index in [1.165, 1.54) is 6.42 Å². The van der Waals surface area contributed by atoms with Crippen LogP contribution in [0.4, 0.5) is 0 Å². The summed E-state index contributed by atoms with van der Waals surface area (Å²) in [5, 5.41) is 2.08. The highest BCUT2D eigenvalue weighted by molar-refractivity contribution is 6.05. The number of fused-ring (bicyclic) bond motifs is 3. The van der Waals surface area contributed by atoms with Gasteiger partial charge < -0.3 is 14.1 Å². The Morgan fingerprint density at radius 1 is 1.00 bits per heavy atom. The van der Waals surface area contributed by atoms with Crippen LogP contribution in [0.25, 0.3) is 21.9 Å². The molecule has 0 bridgehead atoms. The van der Waals surface area contributed by atoms with Gasteiger partial charge in [-0.2, -0.15) is 0 Å². The van der Waals surface area contributed by atoms with Crippen LogP contribution in [0.3, 0.4) is 0 Å². The molecule has 4 heteroatoms. The third-order valence-electron chi connectivity index (χ3n) is 4.42. The van der Waals surface area contributed by atoms with Crippen LogP contribution >= 0.6 is 0 Å². The van der Waals surface area contributed by atoms with E-state index in [2.05, 4.69) is 0 Å². The van der Waals surface area contributed by atoms with E-state index in [9.17, 15) is 4.79 Å². The smallest absolute Gasteiger partial charge is 0.260 e. The number of amides is 1. The second kappa shape index (κ2) is 5.95. The van der Waals surface area contributed by atoms with Gasteiger partial charge in [-0.3, -0.25) is 4.79 Å². The normalized spacial score (nSPS) is 15.2. The second-order valence-corrected chi connectivity index (χ2v) is 5.99. The van der Waals surface area contributed by atoms with Crippen LogP contribution < -0.4 is 4.74 Å². The fourth-order valence-electron chi connectivity index (χ4n) is 3.17. The molecule has 1 aromatic heterocycles. The lowest BCUT2D eigenvalue weighted by Crippen LogP contribution is -2.38. The Kier molecular flexibility index (Phi) is 3.66. The summed E-state index contributed by atoms with van der Waals surface area (Å²) >= 11 is 0. The molecule has 4 nitrogen and oxygen atoms in total. The molecule has 0 unspecified atom stereocenters. The van der Waals surface area contributed by atoms with E-state index in [0.29, 0.717) is 5.75 Å². The zero-order chi connectivity index (χ0) is 15.6. The summed E-state index contributed by atoms with van der Waals surface area (Å²) < 4.78 is 11.5. The molecule has 0 spiro atoms. The summed E-state index contributed by atoms with van der Waals surface area (Å²) in [6.45, 7) is 1.81. The van der Waals surface area contributed by atoms with E-state index < -0.39 is 0 Å². The summed E-state index contributed by atoms with van der Waals surface area (Å²) in [4.78, 5) is 14.1. The van der Waals surface area contributed by atoms with Gasteiger partial charge in [0.15, 0.2) is 6.61 Å². The van der Waals surface area contributed by atoms with E-state index in [1.54, 1.807) is 0 Å². The van der Waals surface area contributed by atoms with Gasteiger partial charge in [0.25, 0.3) is 5.91 Å². The molecule has 1 fully saturated rings. The van der Waals surface area contributed by atoms with Gasteiger partial charge in [0.05, 0.1) is 0 Å². The first-order valence-electron chi connectivity index (χ1n) is 8.13. The van der Waals surface area contributed by atoms with Crippen molar-refractivity contribution in [1.29, 1.82) is 0 Å². The largest absolute Gasteiger partial charge is 0.484 e. The SMILES string of the molecule is O=C(COc1ccc2oc3ccccc3c2c1)N1CCCCC1. The van der Waals surface area contributed by atoms with Crippen LogP contribution in [0.1, 0.15) is 19.3 Å². The summed E-state index contributed by atoms with van der Waals surface area (Å²) in [6, 6.07) is 13.6. The Bertz CT molecular complexity index is 846. The molecule has 0 radical (unpaired) electrons. The molecule has 2 heterocycles. The van der Waals surface area contributed by atoms with Crippen LogP contribution in [0, 0.1) is 0 Å². The van der Waals surface area contributed by atoms with Crippen LogP contribution in [0.2, 0.25) is 0 Å². The predicted octanol–water partition coefficient (Wildman–Crippen LogP) is 3.98. The van der Waals surface area contributed by atoms with Crippen LogP contribution in [0.5, 0.6) is 5.75 Å². The number of likely N-dealkylation sites (tertiary alicyclic amines) is 1. The van der Waals surface area contributed by atoms with Gasteiger partial charge in [-0.25, -0.2) is 0 Å². The Hall–Kier alpha value is -2.49. The first kappa shape index (κ1) is 14.1. The van der Waals surface area contributed by atoms with E-state index in [1.807, 2.05) is 47.4 Å². The second-order valence-electron chi connectivity index (χ2n) is 5.99. The van der Waals surface area contributed by atoms with Gasteiger partial charge >= 0.3 is 0 Å². The average Bonchev–Trinajstić information content (AvgIpc) is 2.98. The number of nitrogens with zero attached hydrogens (tertiary/aromatic N) is 1. The minimum Gasteiger partial charge on any atom is -0.484 e. The highest BCUT2D eigenvalue weighted by Gasteiger charge is 2.17. The third-order valence-corrected chi connectivity index (χ3v) is 4.42. The average molecular weight is 309 g/mol. The van der Waals surface area contributed by atoms with Crippen molar-refractivity contribution in [2.24, 2.45) is 0 Å². The van der Waals surface area contributed by atoms with Gasteiger partial charge in [0.2, 0.25) is 0 Å². The molecule has 0 atom stereocenters. The molecule has 1 saturated heterocycles. The highest BCUT2D eigenvalue weighted by atomic mass is 16.5. The molecule has 2 aromatic carbocycles. The van der Waals surface area contributed by atoms with Gasteiger partial charge in [-0.05, 0) is 43.5 Å². The molecule has 23 heavy (non-hydrogen) atoms. The number of hydrogen-bond donors (Lipinski definition) is 0. The summed E-state index contributed by atoms with van der Waals surface area (Å²) in [7, 11) is 0. The van der Waals surface area contributed by atoms with Crippen molar-refractivity contribution in [3.8, 4) is 5.75 Å². The number of ether oxygens (including phenoxy) is 1. The van der Waals surface area contributed by atoms with Crippen molar-refractivity contribution < 1.29 is 13.9 Å². The fraction of sp³-hybridized carbons (Fsp3) is 0.316. The molecule has 3 aromatic rings. The van der Waals surface area contributed by atoms with Crippen LogP contribution in [-0.2, 0) is 4.79 Å². The topological polar surface area (TPSA) is 42.7 Å². The maximum atomic E-state index is 12.2. The molecule has 0 saturated carbocycles. The zero-order valence-electron chi connectivity index (χ0n) is 13.0. The zero-order valence-corrected chi connectivity index (χ0v) is 13.0. The molecule has 1 aliphatic rings. The number of benzene rings is 2. The number of para-hydroxylation sites is 1. The molecule has 0 aliphatic carbocycles. The maximum absolute atomic E-state index is 12.2. The molecular weight excluding hydrogens is 290 g/mol. The molecular formula is C19H19NO3. The van der Waals surface area contributed by atoms with Crippen molar-refractivity contribution in [3.05, 3.63) is 42.5 Å². The minimum atomic E-state index is 0.0712. The lowest BCUT2D eigenvalue weighted by molar-refractivity contribution is -0.134. The van der Waals surface area contributed by atoms with Crippen LogP contribution in [0.15, 0.2) is 46.9 Å². The first-order chi connectivity index (χ1) is 11.3. The van der Waals surface area contributed by atoms with E-state index in [4.69, 9.17) is 9.15 Å². The Labute approximate surface area is 134 Å². The summed E-state index contributed by atoms with van der Waals surface area (Å²) in [5.41, 5.74) is 1.70. The summed E-state index contributed by atoms with van der Waals surface area (Å²) in [5.74, 6) is 0.774. The standard InChI is InChI=1S/C19H19NO3/c21-19(20-10-4-1-5-11-20)13-22-14-8-9-18-16(12-14)15-6-2-3-7-17(15)23-18/h2-3,6-9,12H,1,4-5,10-11,13H2.